The van der Waals surface area contributed by atoms with E-state index in [1.54, 1.807) is 9.80 Å². The molecule has 2 aromatic carbocycles. The summed E-state index contributed by atoms with van der Waals surface area (Å²) in [6.07, 6.45) is 0. The molecule has 0 spiro atoms. The van der Waals surface area contributed by atoms with Gasteiger partial charge in [0.05, 0.1) is 6.54 Å². The van der Waals surface area contributed by atoms with Gasteiger partial charge in [-0.15, -0.1) is 0 Å². The maximum atomic E-state index is 13.1. The minimum absolute atomic E-state index is 0.0580. The molecule has 0 aromatic heterocycles. The van der Waals surface area contributed by atoms with Gasteiger partial charge in [0.2, 0.25) is 5.91 Å². The van der Waals surface area contributed by atoms with Crippen LogP contribution in [0.15, 0.2) is 60.7 Å². The zero-order valence-corrected chi connectivity index (χ0v) is 13.8. The normalized spacial score (nSPS) is 17.8. The summed E-state index contributed by atoms with van der Waals surface area (Å²) in [5, 5.41) is 12.5. The lowest BCUT2D eigenvalue weighted by Crippen LogP contribution is -2.57. The molecule has 0 saturated carbocycles. The van der Waals surface area contributed by atoms with E-state index in [9.17, 15) is 14.7 Å². The van der Waals surface area contributed by atoms with Crippen LogP contribution in [0, 0.1) is 0 Å². The molecule has 1 atom stereocenters. The van der Waals surface area contributed by atoms with Crippen LogP contribution in [0.3, 0.4) is 0 Å². The average Bonchev–Trinajstić information content (AvgIpc) is 2.64. The Morgan fingerprint density at radius 3 is 2.12 bits per heavy atom. The molecule has 3 rings (SSSR count). The van der Waals surface area contributed by atoms with E-state index >= 15 is 0 Å². The minimum atomic E-state index is -0.911. The summed E-state index contributed by atoms with van der Waals surface area (Å²) in [6.45, 7) is 1.61. The highest BCUT2D eigenvalue weighted by molar-refractivity contribution is 6.01. The molecular weight excluding hydrogens is 318 g/mol. The number of nitrogens with zero attached hydrogens (tertiary/aromatic N) is 2. The number of anilines is 2. The summed E-state index contributed by atoms with van der Waals surface area (Å²) in [4.78, 5) is 27.9. The maximum absolute atomic E-state index is 13.1. The summed E-state index contributed by atoms with van der Waals surface area (Å²) in [5.41, 5.74) is 1.53. The highest BCUT2D eigenvalue weighted by atomic mass is 16.4. The molecule has 0 bridgehead atoms. The molecule has 1 unspecified atom stereocenters. The van der Waals surface area contributed by atoms with Gasteiger partial charge in [-0.2, -0.15) is 0 Å². The quantitative estimate of drug-likeness (QED) is 0.868. The molecule has 130 valence electrons. The fourth-order valence-corrected chi connectivity index (χ4v) is 3.01. The van der Waals surface area contributed by atoms with Gasteiger partial charge in [0.25, 0.3) is 0 Å². The Bertz CT molecular complexity index is 682. The molecule has 1 saturated heterocycles. The number of carbonyl (C=O) groups is 2. The topological polar surface area (TPSA) is 72.9 Å². The van der Waals surface area contributed by atoms with Crippen molar-refractivity contribution in [3.05, 3.63) is 60.7 Å². The number of amides is 1. The fourth-order valence-electron chi connectivity index (χ4n) is 3.01. The van der Waals surface area contributed by atoms with Gasteiger partial charge >= 0.3 is 5.97 Å². The second kappa shape index (κ2) is 7.92. The SMILES string of the molecule is O=C(O)C1CNCCN1CC(=O)N(c1ccccc1)c1ccccc1. The number of aliphatic carboxylic acids is 1. The van der Waals surface area contributed by atoms with Gasteiger partial charge in [0.15, 0.2) is 0 Å². The van der Waals surface area contributed by atoms with Crippen LogP contribution in [-0.4, -0.2) is 54.1 Å². The number of benzene rings is 2. The van der Waals surface area contributed by atoms with E-state index in [-0.39, 0.29) is 12.5 Å². The van der Waals surface area contributed by atoms with Crippen LogP contribution in [0.25, 0.3) is 0 Å². The smallest absolute Gasteiger partial charge is 0.322 e. The highest BCUT2D eigenvalue weighted by Crippen LogP contribution is 2.25. The number of carboxylic acid groups (broad SMARTS) is 1. The Hall–Kier alpha value is -2.70. The number of carbonyl (C=O) groups excluding carboxylic acids is 1. The van der Waals surface area contributed by atoms with Crippen molar-refractivity contribution in [1.29, 1.82) is 0 Å². The number of para-hydroxylation sites is 2. The number of piperazine rings is 1. The van der Waals surface area contributed by atoms with Crippen LogP contribution < -0.4 is 10.2 Å². The van der Waals surface area contributed by atoms with E-state index in [0.29, 0.717) is 19.6 Å². The second-order valence-electron chi connectivity index (χ2n) is 5.93. The Morgan fingerprint density at radius 1 is 1.04 bits per heavy atom. The first-order valence-corrected chi connectivity index (χ1v) is 8.27. The molecule has 6 heteroatoms. The third-order valence-corrected chi connectivity index (χ3v) is 4.26. The third-order valence-electron chi connectivity index (χ3n) is 4.26. The fraction of sp³-hybridized carbons (Fsp3) is 0.263. The zero-order valence-electron chi connectivity index (χ0n) is 13.8. The van der Waals surface area contributed by atoms with Crippen LogP contribution >= 0.6 is 0 Å². The van der Waals surface area contributed by atoms with E-state index in [4.69, 9.17) is 0 Å². The number of hydrogen-bond acceptors (Lipinski definition) is 4. The molecule has 1 heterocycles. The van der Waals surface area contributed by atoms with Crippen molar-refractivity contribution in [3.8, 4) is 0 Å². The first kappa shape index (κ1) is 17.1. The molecule has 0 radical (unpaired) electrons. The lowest BCUT2D eigenvalue weighted by Gasteiger charge is -2.34. The average molecular weight is 339 g/mol. The standard InChI is InChI=1S/C19H21N3O3/c23-18(14-21-12-11-20-13-17(21)19(24)25)22(15-7-3-1-4-8-15)16-9-5-2-6-10-16/h1-10,17,20H,11-14H2,(H,24,25). The van der Waals surface area contributed by atoms with Gasteiger partial charge in [-0.25, -0.2) is 0 Å². The molecular formula is C19H21N3O3. The molecule has 1 aliphatic rings. The number of nitrogens with one attached hydrogen (secondary N) is 1. The predicted molar refractivity (Wildman–Crippen MR) is 95.9 cm³/mol. The van der Waals surface area contributed by atoms with E-state index in [2.05, 4.69) is 5.32 Å². The largest absolute Gasteiger partial charge is 0.480 e. The second-order valence-corrected chi connectivity index (χ2v) is 5.93. The van der Waals surface area contributed by atoms with E-state index in [1.165, 1.54) is 0 Å². The van der Waals surface area contributed by atoms with Crippen molar-refractivity contribution in [2.45, 2.75) is 6.04 Å². The molecule has 1 amide bonds. The van der Waals surface area contributed by atoms with Crippen molar-refractivity contribution in [2.24, 2.45) is 0 Å². The molecule has 0 aliphatic carbocycles. The third kappa shape index (κ3) is 4.04. The summed E-state index contributed by atoms with van der Waals surface area (Å²) in [7, 11) is 0. The van der Waals surface area contributed by atoms with E-state index in [1.807, 2.05) is 60.7 Å². The lowest BCUT2D eigenvalue weighted by atomic mass is 10.1. The number of carboxylic acids is 1. The first-order chi connectivity index (χ1) is 12.2. The van der Waals surface area contributed by atoms with Crippen LogP contribution in [0.5, 0.6) is 0 Å². The first-order valence-electron chi connectivity index (χ1n) is 8.27. The summed E-state index contributed by atoms with van der Waals surface area (Å²) in [6, 6.07) is 18.1. The zero-order chi connectivity index (χ0) is 17.6. The summed E-state index contributed by atoms with van der Waals surface area (Å²) < 4.78 is 0. The van der Waals surface area contributed by atoms with Crippen molar-refractivity contribution in [3.63, 3.8) is 0 Å². The number of rotatable bonds is 5. The van der Waals surface area contributed by atoms with Crippen molar-refractivity contribution >= 4 is 23.3 Å². The van der Waals surface area contributed by atoms with Crippen LogP contribution in [0.4, 0.5) is 11.4 Å². The van der Waals surface area contributed by atoms with E-state index < -0.39 is 12.0 Å². The Balaban J connectivity index is 1.86. The van der Waals surface area contributed by atoms with Crippen LogP contribution in [0.2, 0.25) is 0 Å². The van der Waals surface area contributed by atoms with Crippen molar-refractivity contribution < 1.29 is 14.7 Å². The maximum Gasteiger partial charge on any atom is 0.322 e. The molecule has 6 nitrogen and oxygen atoms in total. The Kier molecular flexibility index (Phi) is 5.42. The highest BCUT2D eigenvalue weighted by Gasteiger charge is 2.31. The molecule has 2 N–H and O–H groups in total. The van der Waals surface area contributed by atoms with Gasteiger partial charge in [-0.3, -0.25) is 19.4 Å². The van der Waals surface area contributed by atoms with Gasteiger partial charge in [-0.05, 0) is 24.3 Å². The van der Waals surface area contributed by atoms with Crippen LogP contribution in [0.1, 0.15) is 0 Å². The van der Waals surface area contributed by atoms with Crippen molar-refractivity contribution in [2.75, 3.05) is 31.1 Å². The minimum Gasteiger partial charge on any atom is -0.480 e. The number of hydrogen-bond donors (Lipinski definition) is 2. The summed E-state index contributed by atoms with van der Waals surface area (Å²) >= 11 is 0. The predicted octanol–water partition coefficient (Wildman–Crippen LogP) is 1.71. The van der Waals surface area contributed by atoms with E-state index in [0.717, 1.165) is 11.4 Å². The Morgan fingerprint density at radius 2 is 1.60 bits per heavy atom. The van der Waals surface area contributed by atoms with Gasteiger partial charge < -0.3 is 10.4 Å². The van der Waals surface area contributed by atoms with Gasteiger partial charge in [0, 0.05) is 31.0 Å². The molecule has 1 fully saturated rings. The van der Waals surface area contributed by atoms with Gasteiger partial charge in [0.1, 0.15) is 6.04 Å². The lowest BCUT2D eigenvalue weighted by molar-refractivity contribution is -0.144. The Labute approximate surface area is 146 Å². The van der Waals surface area contributed by atoms with Crippen molar-refractivity contribution in [1.82, 2.24) is 10.2 Å². The monoisotopic (exact) mass is 339 g/mol. The summed E-state index contributed by atoms with van der Waals surface area (Å²) in [5.74, 6) is -1.06. The molecule has 2 aromatic rings. The molecule has 25 heavy (non-hydrogen) atoms. The molecule has 1 aliphatic heterocycles. The van der Waals surface area contributed by atoms with Crippen LogP contribution in [-0.2, 0) is 9.59 Å². The van der Waals surface area contributed by atoms with Gasteiger partial charge in [-0.1, -0.05) is 36.4 Å².